The predicted octanol–water partition coefficient (Wildman–Crippen LogP) is 6.92. The van der Waals surface area contributed by atoms with Gasteiger partial charge in [-0.15, -0.1) is 0 Å². The van der Waals surface area contributed by atoms with Gasteiger partial charge in [-0.1, -0.05) is 19.2 Å². The molecule has 1 heterocycles. The maximum Gasteiger partial charge on any atom is 0.333 e. The zero-order valence-electron chi connectivity index (χ0n) is 30.3. The SMILES string of the molecule is C=C(C)C(=O)OCCOCCCC(=O)Oc1ccc(-c2nc3ccc(C)cc3nc2-c2ccc(OC(=O)CCCOCCOC(=O)C(=C)C)cc2)cc1. The molecule has 0 saturated heterocycles. The van der Waals surface area contributed by atoms with Crippen molar-refractivity contribution in [3.8, 4) is 34.0 Å². The first-order chi connectivity index (χ1) is 25.5. The Balaban J connectivity index is 1.33. The number of aryl methyl sites for hydroxylation is 1. The minimum atomic E-state index is -0.467. The quantitative estimate of drug-likeness (QED) is 0.0403. The van der Waals surface area contributed by atoms with Gasteiger partial charge in [0.1, 0.15) is 24.7 Å². The van der Waals surface area contributed by atoms with Crippen LogP contribution in [0.5, 0.6) is 11.5 Å². The molecule has 0 aliphatic rings. The van der Waals surface area contributed by atoms with Crippen molar-refractivity contribution in [1.29, 1.82) is 0 Å². The van der Waals surface area contributed by atoms with Gasteiger partial charge in [0, 0.05) is 48.3 Å². The van der Waals surface area contributed by atoms with Crippen LogP contribution in [0.25, 0.3) is 33.5 Å². The Bertz CT molecular complexity index is 1920. The lowest BCUT2D eigenvalue weighted by Crippen LogP contribution is -2.12. The van der Waals surface area contributed by atoms with Crippen molar-refractivity contribution in [2.45, 2.75) is 46.5 Å². The first kappa shape index (κ1) is 40.1. The first-order valence-electron chi connectivity index (χ1n) is 17.2. The van der Waals surface area contributed by atoms with Crippen LogP contribution in [0.15, 0.2) is 91.0 Å². The molecule has 0 saturated carbocycles. The van der Waals surface area contributed by atoms with Gasteiger partial charge in [0.2, 0.25) is 0 Å². The van der Waals surface area contributed by atoms with Crippen LogP contribution in [0.1, 0.15) is 45.1 Å². The maximum atomic E-state index is 12.4. The van der Waals surface area contributed by atoms with E-state index in [1.165, 1.54) is 0 Å². The second-order valence-corrected chi connectivity index (χ2v) is 12.2. The summed E-state index contributed by atoms with van der Waals surface area (Å²) in [4.78, 5) is 57.6. The lowest BCUT2D eigenvalue weighted by Gasteiger charge is -2.12. The molecule has 0 unspecified atom stereocenters. The summed E-state index contributed by atoms with van der Waals surface area (Å²) >= 11 is 0. The number of aromatic nitrogens is 2. The molecule has 53 heavy (non-hydrogen) atoms. The second-order valence-electron chi connectivity index (χ2n) is 12.2. The van der Waals surface area contributed by atoms with E-state index < -0.39 is 23.9 Å². The van der Waals surface area contributed by atoms with Crippen LogP contribution in [0, 0.1) is 6.92 Å². The van der Waals surface area contributed by atoms with Gasteiger partial charge in [0.25, 0.3) is 0 Å². The third-order valence-electron chi connectivity index (χ3n) is 7.50. The van der Waals surface area contributed by atoms with Gasteiger partial charge < -0.3 is 28.4 Å². The standard InChI is InChI=1S/C41H44N2O10/c1-27(2)40(46)50-24-22-48-20-6-8-36(44)52-32-15-11-30(12-16-32)38-39(43-35-26-29(5)10-19-34(35)42-38)31-13-17-33(18-14-31)53-37(45)9-7-21-49-23-25-51-41(47)28(3)4/h10-19,26H,1,3,6-9,20-25H2,2,4-5H3. The lowest BCUT2D eigenvalue weighted by atomic mass is 10.0. The summed E-state index contributed by atoms with van der Waals surface area (Å²) in [6, 6.07) is 20.0. The smallest absolute Gasteiger partial charge is 0.333 e. The van der Waals surface area contributed by atoms with Gasteiger partial charge in [-0.2, -0.15) is 0 Å². The summed E-state index contributed by atoms with van der Waals surface area (Å²) in [7, 11) is 0. The summed E-state index contributed by atoms with van der Waals surface area (Å²) in [6.45, 7) is 13.5. The molecule has 0 amide bonds. The number of nitrogens with zero attached hydrogens (tertiary/aromatic N) is 2. The molecule has 0 aliphatic heterocycles. The van der Waals surface area contributed by atoms with Crippen LogP contribution >= 0.6 is 0 Å². The fourth-order valence-electron chi connectivity index (χ4n) is 4.77. The Kier molecular flexibility index (Phi) is 15.4. The van der Waals surface area contributed by atoms with E-state index >= 15 is 0 Å². The van der Waals surface area contributed by atoms with Crippen molar-refractivity contribution >= 4 is 34.9 Å². The van der Waals surface area contributed by atoms with Crippen molar-refractivity contribution in [3.63, 3.8) is 0 Å². The van der Waals surface area contributed by atoms with E-state index in [0.29, 0.717) is 60.1 Å². The number of hydrogen-bond donors (Lipinski definition) is 0. The zero-order chi connectivity index (χ0) is 38.2. The van der Waals surface area contributed by atoms with Gasteiger partial charge in [-0.05, 0) is 99.8 Å². The highest BCUT2D eigenvalue weighted by atomic mass is 16.6. The molecule has 278 valence electrons. The normalized spacial score (nSPS) is 10.8. The third-order valence-corrected chi connectivity index (χ3v) is 7.50. The van der Waals surface area contributed by atoms with E-state index in [2.05, 4.69) is 13.2 Å². The van der Waals surface area contributed by atoms with E-state index in [9.17, 15) is 19.2 Å². The molecule has 0 fully saturated rings. The van der Waals surface area contributed by atoms with E-state index in [1.807, 2.05) is 49.4 Å². The monoisotopic (exact) mass is 724 g/mol. The molecule has 0 N–H and O–H groups in total. The summed E-state index contributed by atoms with van der Waals surface area (Å²) in [5.74, 6) is -0.954. The highest BCUT2D eigenvalue weighted by Crippen LogP contribution is 2.33. The number of benzene rings is 3. The molecule has 0 atom stereocenters. The van der Waals surface area contributed by atoms with Crippen LogP contribution in [-0.4, -0.2) is 73.5 Å². The van der Waals surface area contributed by atoms with Crippen LogP contribution < -0.4 is 9.47 Å². The average molecular weight is 725 g/mol. The number of esters is 4. The second kappa shape index (κ2) is 20.4. The fraction of sp³-hybridized carbons (Fsp3) is 0.317. The number of carbonyl (C=O) groups is 4. The molecular formula is C41H44N2O10. The molecule has 1 aromatic heterocycles. The zero-order valence-corrected chi connectivity index (χ0v) is 30.3. The molecule has 0 radical (unpaired) electrons. The molecule has 0 bridgehead atoms. The Morgan fingerprint density at radius 3 is 1.43 bits per heavy atom. The molecule has 4 aromatic rings. The Morgan fingerprint density at radius 1 is 0.566 bits per heavy atom. The number of fused-ring (bicyclic) bond motifs is 1. The molecule has 0 spiro atoms. The van der Waals surface area contributed by atoms with Crippen molar-refractivity contribution in [2.75, 3.05) is 39.6 Å². The van der Waals surface area contributed by atoms with E-state index in [0.717, 1.165) is 27.7 Å². The molecule has 4 rings (SSSR count). The van der Waals surface area contributed by atoms with Gasteiger partial charge in [-0.25, -0.2) is 19.6 Å². The maximum absolute atomic E-state index is 12.4. The summed E-state index contributed by atoms with van der Waals surface area (Å²) < 4.78 is 31.8. The Labute approximate surface area is 308 Å². The number of hydrogen-bond acceptors (Lipinski definition) is 12. The van der Waals surface area contributed by atoms with Crippen LogP contribution in [0.2, 0.25) is 0 Å². The highest BCUT2D eigenvalue weighted by Gasteiger charge is 2.16. The third kappa shape index (κ3) is 13.1. The van der Waals surface area contributed by atoms with Crippen LogP contribution in [0.3, 0.4) is 0 Å². The van der Waals surface area contributed by atoms with E-state index in [1.54, 1.807) is 38.1 Å². The first-order valence-corrected chi connectivity index (χ1v) is 17.2. The van der Waals surface area contributed by atoms with Crippen LogP contribution in [-0.2, 0) is 38.1 Å². The minimum absolute atomic E-state index is 0.116. The summed E-state index contributed by atoms with van der Waals surface area (Å²) in [6.07, 6.45) is 1.21. The van der Waals surface area contributed by atoms with Crippen LogP contribution in [0.4, 0.5) is 0 Å². The largest absolute Gasteiger partial charge is 0.460 e. The van der Waals surface area contributed by atoms with Gasteiger partial charge >= 0.3 is 23.9 Å². The average Bonchev–Trinajstić information content (AvgIpc) is 3.13. The topological polar surface area (TPSA) is 149 Å². The fourth-order valence-corrected chi connectivity index (χ4v) is 4.77. The van der Waals surface area contributed by atoms with Crippen molar-refractivity contribution in [3.05, 3.63) is 96.6 Å². The molecule has 12 heteroatoms. The lowest BCUT2D eigenvalue weighted by molar-refractivity contribution is -0.141. The van der Waals surface area contributed by atoms with Crippen molar-refractivity contribution in [2.24, 2.45) is 0 Å². The molecule has 0 aliphatic carbocycles. The van der Waals surface area contributed by atoms with E-state index in [-0.39, 0.29) is 39.3 Å². The van der Waals surface area contributed by atoms with Crippen molar-refractivity contribution < 1.29 is 47.6 Å². The molecule has 12 nitrogen and oxygen atoms in total. The van der Waals surface area contributed by atoms with Gasteiger partial charge in [0.05, 0.1) is 35.6 Å². The number of ether oxygens (including phenoxy) is 6. The molecular weight excluding hydrogens is 680 g/mol. The predicted molar refractivity (Wildman–Crippen MR) is 198 cm³/mol. The highest BCUT2D eigenvalue weighted by molar-refractivity contribution is 5.88. The van der Waals surface area contributed by atoms with E-state index in [4.69, 9.17) is 38.4 Å². The Morgan fingerprint density at radius 2 is 1.00 bits per heavy atom. The van der Waals surface area contributed by atoms with Crippen molar-refractivity contribution in [1.82, 2.24) is 9.97 Å². The Hall–Kier alpha value is -5.72. The molecule has 3 aromatic carbocycles. The minimum Gasteiger partial charge on any atom is -0.460 e. The summed E-state index contributed by atoms with van der Waals surface area (Å²) in [5, 5.41) is 0. The van der Waals surface area contributed by atoms with Gasteiger partial charge in [0.15, 0.2) is 0 Å². The summed E-state index contributed by atoms with van der Waals surface area (Å²) in [5.41, 5.74) is 5.94. The number of carbonyl (C=O) groups excluding carboxylic acids is 4. The van der Waals surface area contributed by atoms with Gasteiger partial charge in [-0.3, -0.25) is 9.59 Å². The number of rotatable bonds is 20.